The molecule has 0 aliphatic rings. The van der Waals surface area contributed by atoms with Crippen molar-refractivity contribution < 1.29 is 23.8 Å². The van der Waals surface area contributed by atoms with Crippen LogP contribution in [0.3, 0.4) is 0 Å². The normalized spacial score (nSPS) is 9.94. The summed E-state index contributed by atoms with van der Waals surface area (Å²) in [5, 5.41) is 8.91. The Morgan fingerprint density at radius 3 is 2.71 bits per heavy atom. The van der Waals surface area contributed by atoms with Crippen LogP contribution in [0.15, 0.2) is 21.5 Å². The van der Waals surface area contributed by atoms with E-state index in [1.54, 1.807) is 0 Å². The highest BCUT2D eigenvalue weighted by Gasteiger charge is 2.07. The van der Waals surface area contributed by atoms with Crippen molar-refractivity contribution >= 4 is 11.8 Å². The van der Waals surface area contributed by atoms with Crippen LogP contribution in [0.2, 0.25) is 0 Å². The first kappa shape index (κ1) is 13.0. The van der Waals surface area contributed by atoms with Crippen LogP contribution in [0.4, 0.5) is 0 Å². The molecule has 0 atom stereocenters. The van der Waals surface area contributed by atoms with E-state index in [0.29, 0.717) is 0 Å². The highest BCUT2D eigenvalue weighted by Crippen LogP contribution is 2.05. The maximum atomic E-state index is 11.1. The minimum Gasteiger partial charge on any atom is -0.502 e. The van der Waals surface area contributed by atoms with Gasteiger partial charge >= 0.3 is 5.97 Å². The summed E-state index contributed by atoms with van der Waals surface area (Å²) in [5.74, 6) is -1.02. The Labute approximate surface area is 96.8 Å². The van der Waals surface area contributed by atoms with Gasteiger partial charge in [-0.25, -0.2) is 0 Å². The summed E-state index contributed by atoms with van der Waals surface area (Å²) < 4.78 is 9.59. The number of carbonyl (C=O) groups excluding carboxylic acids is 2. The lowest BCUT2D eigenvalue weighted by Crippen LogP contribution is -2.08. The van der Waals surface area contributed by atoms with Crippen LogP contribution >= 0.6 is 0 Å². The van der Waals surface area contributed by atoms with Crippen molar-refractivity contribution in [1.82, 2.24) is 0 Å². The number of rotatable bonds is 5. The second kappa shape index (κ2) is 5.83. The minimum atomic E-state index is -0.606. The lowest BCUT2D eigenvalue weighted by Gasteiger charge is -2.03. The molecule has 1 aromatic heterocycles. The second-order valence-electron chi connectivity index (χ2n) is 3.46. The molecular formula is C11H12O6. The molecule has 0 saturated carbocycles. The number of ether oxygens (including phenoxy) is 1. The smallest absolute Gasteiger partial charge is 0.306 e. The van der Waals surface area contributed by atoms with Crippen LogP contribution in [0, 0.1) is 0 Å². The summed E-state index contributed by atoms with van der Waals surface area (Å²) in [6, 6.07) is 1.04. The average molecular weight is 240 g/mol. The fraction of sp³-hybridized carbons (Fsp3) is 0.364. The van der Waals surface area contributed by atoms with E-state index in [0.717, 1.165) is 12.3 Å². The largest absolute Gasteiger partial charge is 0.502 e. The van der Waals surface area contributed by atoms with Crippen molar-refractivity contribution in [2.45, 2.75) is 26.4 Å². The topological polar surface area (TPSA) is 93.8 Å². The van der Waals surface area contributed by atoms with Gasteiger partial charge in [0.1, 0.15) is 24.4 Å². The minimum absolute atomic E-state index is 0.00233. The van der Waals surface area contributed by atoms with Crippen LogP contribution in [0.25, 0.3) is 0 Å². The summed E-state index contributed by atoms with van der Waals surface area (Å²) in [5.41, 5.74) is -0.606. The van der Waals surface area contributed by atoms with Gasteiger partial charge in [0.05, 0.1) is 6.42 Å². The fourth-order valence-electron chi connectivity index (χ4n) is 1.02. The summed E-state index contributed by atoms with van der Waals surface area (Å²) in [6.45, 7) is 1.18. The molecule has 0 radical (unpaired) electrons. The Kier molecular flexibility index (Phi) is 4.45. The molecule has 0 spiro atoms. The molecular weight excluding hydrogens is 228 g/mol. The summed E-state index contributed by atoms with van der Waals surface area (Å²) in [7, 11) is 0. The molecule has 6 heteroatoms. The molecule has 6 nitrogen and oxygen atoms in total. The number of hydrogen-bond donors (Lipinski definition) is 1. The lowest BCUT2D eigenvalue weighted by atomic mass is 10.2. The van der Waals surface area contributed by atoms with E-state index in [-0.39, 0.29) is 31.0 Å². The molecule has 92 valence electrons. The van der Waals surface area contributed by atoms with Crippen LogP contribution < -0.4 is 5.43 Å². The number of esters is 1. The van der Waals surface area contributed by atoms with Crippen LogP contribution in [-0.4, -0.2) is 16.9 Å². The Hall–Kier alpha value is -2.11. The van der Waals surface area contributed by atoms with E-state index in [1.165, 1.54) is 6.92 Å². The second-order valence-corrected chi connectivity index (χ2v) is 3.46. The van der Waals surface area contributed by atoms with Crippen LogP contribution in [0.5, 0.6) is 5.75 Å². The van der Waals surface area contributed by atoms with Gasteiger partial charge in [0.15, 0.2) is 5.75 Å². The summed E-state index contributed by atoms with van der Waals surface area (Å²) >= 11 is 0. The Morgan fingerprint density at radius 2 is 2.12 bits per heavy atom. The van der Waals surface area contributed by atoms with E-state index >= 15 is 0 Å². The average Bonchev–Trinajstić information content (AvgIpc) is 2.28. The first-order valence-corrected chi connectivity index (χ1v) is 4.95. The van der Waals surface area contributed by atoms with Gasteiger partial charge in [-0.1, -0.05) is 0 Å². The maximum absolute atomic E-state index is 11.1. The SMILES string of the molecule is CC(=O)CCC(=O)OCc1cc(=O)c(O)co1. The van der Waals surface area contributed by atoms with Gasteiger partial charge < -0.3 is 19.1 Å². The van der Waals surface area contributed by atoms with E-state index in [9.17, 15) is 14.4 Å². The van der Waals surface area contributed by atoms with Crippen molar-refractivity contribution in [3.8, 4) is 5.75 Å². The molecule has 0 fully saturated rings. The molecule has 0 aliphatic carbocycles. The van der Waals surface area contributed by atoms with Crippen molar-refractivity contribution in [1.29, 1.82) is 0 Å². The molecule has 0 aromatic carbocycles. The van der Waals surface area contributed by atoms with Crippen molar-refractivity contribution in [2.75, 3.05) is 0 Å². The summed E-state index contributed by atoms with van der Waals surface area (Å²) in [4.78, 5) is 32.7. The van der Waals surface area contributed by atoms with Gasteiger partial charge in [0.25, 0.3) is 0 Å². The Bertz CT molecular complexity index is 473. The van der Waals surface area contributed by atoms with Crippen LogP contribution in [-0.2, 0) is 20.9 Å². The Balaban J connectivity index is 2.45. The number of ketones is 1. The van der Waals surface area contributed by atoms with Crippen molar-refractivity contribution in [3.05, 3.63) is 28.3 Å². The first-order valence-electron chi connectivity index (χ1n) is 4.95. The molecule has 17 heavy (non-hydrogen) atoms. The summed E-state index contributed by atoms with van der Waals surface area (Å²) in [6.07, 6.45) is 0.997. The molecule has 0 aliphatic heterocycles. The van der Waals surface area contributed by atoms with E-state index in [1.807, 2.05) is 0 Å². The molecule has 0 saturated heterocycles. The number of aromatic hydroxyl groups is 1. The molecule has 1 heterocycles. The predicted octanol–water partition coefficient (Wildman–Crippen LogP) is 0.758. The first-order chi connectivity index (χ1) is 7.99. The predicted molar refractivity (Wildman–Crippen MR) is 56.4 cm³/mol. The highest BCUT2D eigenvalue weighted by molar-refractivity contribution is 5.80. The third kappa shape index (κ3) is 4.50. The van der Waals surface area contributed by atoms with Gasteiger partial charge in [-0.2, -0.15) is 0 Å². The zero-order chi connectivity index (χ0) is 12.8. The molecule has 0 amide bonds. The molecule has 1 N–H and O–H groups in total. The van der Waals surface area contributed by atoms with Crippen molar-refractivity contribution in [3.63, 3.8) is 0 Å². The number of Topliss-reactive ketones (excluding diaryl/α,β-unsaturated/α-hetero) is 1. The standard InChI is InChI=1S/C11H12O6/c1-7(12)2-3-11(15)17-5-8-4-9(13)10(14)6-16-8/h4,6,14H,2-3,5H2,1H3. The number of carbonyl (C=O) groups is 2. The quantitative estimate of drug-likeness (QED) is 0.763. The molecule has 1 aromatic rings. The van der Waals surface area contributed by atoms with Crippen molar-refractivity contribution in [2.24, 2.45) is 0 Å². The third-order valence-corrected chi connectivity index (χ3v) is 1.92. The van der Waals surface area contributed by atoms with Gasteiger partial charge in [-0.05, 0) is 6.92 Å². The van der Waals surface area contributed by atoms with E-state index in [2.05, 4.69) is 0 Å². The Morgan fingerprint density at radius 1 is 1.41 bits per heavy atom. The highest BCUT2D eigenvalue weighted by atomic mass is 16.5. The fourth-order valence-corrected chi connectivity index (χ4v) is 1.02. The van der Waals surface area contributed by atoms with E-state index < -0.39 is 17.1 Å². The monoisotopic (exact) mass is 240 g/mol. The van der Waals surface area contributed by atoms with Gasteiger partial charge in [0.2, 0.25) is 5.43 Å². The molecule has 0 bridgehead atoms. The van der Waals surface area contributed by atoms with Crippen LogP contribution in [0.1, 0.15) is 25.5 Å². The maximum Gasteiger partial charge on any atom is 0.306 e. The number of hydrogen-bond acceptors (Lipinski definition) is 6. The van der Waals surface area contributed by atoms with Gasteiger partial charge in [-0.3, -0.25) is 9.59 Å². The van der Waals surface area contributed by atoms with E-state index in [4.69, 9.17) is 14.3 Å². The molecule has 0 unspecified atom stereocenters. The zero-order valence-electron chi connectivity index (χ0n) is 9.26. The van der Waals surface area contributed by atoms with Gasteiger partial charge in [-0.15, -0.1) is 0 Å². The third-order valence-electron chi connectivity index (χ3n) is 1.92. The lowest BCUT2D eigenvalue weighted by molar-refractivity contribution is -0.146. The van der Waals surface area contributed by atoms with Gasteiger partial charge in [0, 0.05) is 12.5 Å². The molecule has 1 rings (SSSR count). The zero-order valence-corrected chi connectivity index (χ0v) is 9.26.